The van der Waals surface area contributed by atoms with Gasteiger partial charge in [-0.05, 0) is 70.0 Å². The van der Waals surface area contributed by atoms with E-state index in [4.69, 9.17) is 5.73 Å². The van der Waals surface area contributed by atoms with Gasteiger partial charge in [-0.2, -0.15) is 0 Å². The molecule has 0 aromatic carbocycles. The van der Waals surface area contributed by atoms with Crippen LogP contribution in [-0.2, 0) is 0 Å². The molecule has 3 heteroatoms. The van der Waals surface area contributed by atoms with E-state index in [1.165, 1.54) is 58.3 Å². The third-order valence-corrected chi connectivity index (χ3v) is 5.72. The topological polar surface area (TPSA) is 32.5 Å². The predicted octanol–water partition coefficient (Wildman–Crippen LogP) is 2.95. The maximum absolute atomic E-state index is 5.79. The van der Waals surface area contributed by atoms with Crippen molar-refractivity contribution in [1.29, 1.82) is 0 Å². The Labute approximate surface area is 132 Å². The molecule has 0 radical (unpaired) electrons. The molecule has 1 aliphatic heterocycles. The van der Waals surface area contributed by atoms with E-state index in [2.05, 4.69) is 30.6 Å². The average molecular weight is 296 g/mol. The minimum atomic E-state index is 0.708. The summed E-state index contributed by atoms with van der Waals surface area (Å²) in [4.78, 5) is 5.52. The van der Waals surface area contributed by atoms with Crippen LogP contribution in [0.4, 0.5) is 0 Å². The van der Waals surface area contributed by atoms with Crippen molar-refractivity contribution < 1.29 is 0 Å². The highest BCUT2D eigenvalue weighted by Gasteiger charge is 2.30. The minimum Gasteiger partial charge on any atom is -0.330 e. The number of nitrogens with two attached hydrogens (primary N) is 1. The van der Waals surface area contributed by atoms with Crippen LogP contribution in [0.3, 0.4) is 0 Å². The van der Waals surface area contributed by atoms with Crippen molar-refractivity contribution in [3.8, 4) is 0 Å². The van der Waals surface area contributed by atoms with Crippen LogP contribution in [-0.4, -0.2) is 54.6 Å². The summed E-state index contributed by atoms with van der Waals surface area (Å²) in [5, 5.41) is 0. The first-order chi connectivity index (χ1) is 10.1. The highest BCUT2D eigenvalue weighted by Crippen LogP contribution is 2.32. The Kier molecular flexibility index (Phi) is 6.97. The van der Waals surface area contributed by atoms with Crippen molar-refractivity contribution in [2.45, 2.75) is 71.4 Å². The van der Waals surface area contributed by atoms with E-state index in [9.17, 15) is 0 Å². The lowest BCUT2D eigenvalue weighted by atomic mass is 9.80. The van der Waals surface area contributed by atoms with Crippen LogP contribution in [0.2, 0.25) is 0 Å². The summed E-state index contributed by atoms with van der Waals surface area (Å²) < 4.78 is 0. The second kappa shape index (κ2) is 8.50. The van der Waals surface area contributed by atoms with Crippen molar-refractivity contribution in [2.75, 3.05) is 32.7 Å². The van der Waals surface area contributed by atoms with Gasteiger partial charge in [-0.3, -0.25) is 9.80 Å². The Bertz CT molecular complexity index is 284. The quantitative estimate of drug-likeness (QED) is 0.846. The van der Waals surface area contributed by atoms with Crippen LogP contribution in [0.5, 0.6) is 0 Å². The summed E-state index contributed by atoms with van der Waals surface area (Å²) in [6, 6.07) is 1.55. The first-order valence-corrected chi connectivity index (χ1v) is 9.32. The lowest BCUT2D eigenvalue weighted by molar-refractivity contribution is 0.108. The summed E-state index contributed by atoms with van der Waals surface area (Å²) in [7, 11) is 0. The predicted molar refractivity (Wildman–Crippen MR) is 91.5 cm³/mol. The first kappa shape index (κ1) is 17.2. The summed E-state index contributed by atoms with van der Waals surface area (Å²) in [5.74, 6) is 1.83. The molecule has 2 N–H and O–H groups in total. The van der Waals surface area contributed by atoms with Gasteiger partial charge >= 0.3 is 0 Å². The summed E-state index contributed by atoms with van der Waals surface area (Å²) in [5.41, 5.74) is 5.79. The SMILES string of the molecule is CCC(CCN)N1CCCN(C2CC(C)CC(C)C2)CC1. The molecule has 21 heavy (non-hydrogen) atoms. The molecule has 0 spiro atoms. The molecule has 0 bridgehead atoms. The van der Waals surface area contributed by atoms with Crippen LogP contribution in [0.1, 0.15) is 59.3 Å². The highest BCUT2D eigenvalue weighted by molar-refractivity contribution is 4.85. The highest BCUT2D eigenvalue weighted by atomic mass is 15.2. The average Bonchev–Trinajstić information content (AvgIpc) is 2.69. The lowest BCUT2D eigenvalue weighted by Gasteiger charge is -2.39. The summed E-state index contributed by atoms with van der Waals surface area (Å²) in [6.45, 7) is 13.1. The van der Waals surface area contributed by atoms with Gasteiger partial charge in [0.15, 0.2) is 0 Å². The lowest BCUT2D eigenvalue weighted by Crippen LogP contribution is -2.43. The molecule has 1 saturated carbocycles. The molecule has 0 aromatic rings. The normalized spacial score (nSPS) is 34.6. The van der Waals surface area contributed by atoms with Gasteiger partial charge in [-0.1, -0.05) is 20.8 Å². The van der Waals surface area contributed by atoms with E-state index in [0.717, 1.165) is 30.8 Å². The number of nitrogens with zero attached hydrogens (tertiary/aromatic N) is 2. The van der Waals surface area contributed by atoms with Crippen LogP contribution in [0, 0.1) is 11.8 Å². The second-order valence-electron chi connectivity index (χ2n) is 7.64. The molecule has 0 aromatic heterocycles. The van der Waals surface area contributed by atoms with Gasteiger partial charge in [-0.25, -0.2) is 0 Å². The Morgan fingerprint density at radius 3 is 2.33 bits per heavy atom. The zero-order valence-electron chi connectivity index (χ0n) is 14.6. The smallest absolute Gasteiger partial charge is 0.0112 e. The van der Waals surface area contributed by atoms with Crippen LogP contribution >= 0.6 is 0 Å². The Balaban J connectivity index is 1.88. The Hall–Kier alpha value is -0.120. The standard InChI is InChI=1S/C18H37N3/c1-4-17(6-7-19)20-8-5-9-21(11-10-20)18-13-15(2)12-16(3)14-18/h15-18H,4-14,19H2,1-3H3. The molecule has 1 aliphatic carbocycles. The van der Waals surface area contributed by atoms with Gasteiger partial charge in [-0.15, -0.1) is 0 Å². The van der Waals surface area contributed by atoms with E-state index < -0.39 is 0 Å². The number of rotatable bonds is 5. The van der Waals surface area contributed by atoms with Crippen molar-refractivity contribution in [3.05, 3.63) is 0 Å². The minimum absolute atomic E-state index is 0.708. The van der Waals surface area contributed by atoms with Crippen molar-refractivity contribution in [2.24, 2.45) is 17.6 Å². The van der Waals surface area contributed by atoms with Gasteiger partial charge in [0.1, 0.15) is 0 Å². The number of hydrogen-bond donors (Lipinski definition) is 1. The molecule has 2 rings (SSSR count). The Morgan fingerprint density at radius 2 is 1.71 bits per heavy atom. The summed E-state index contributed by atoms with van der Waals surface area (Å²) in [6.07, 6.45) is 8.02. The van der Waals surface area contributed by atoms with Gasteiger partial charge in [0.05, 0.1) is 0 Å². The zero-order valence-corrected chi connectivity index (χ0v) is 14.6. The second-order valence-corrected chi connectivity index (χ2v) is 7.64. The largest absolute Gasteiger partial charge is 0.330 e. The van der Waals surface area contributed by atoms with E-state index in [0.29, 0.717) is 6.04 Å². The third kappa shape index (κ3) is 4.94. The van der Waals surface area contributed by atoms with Gasteiger partial charge in [0.2, 0.25) is 0 Å². The maximum atomic E-state index is 5.79. The van der Waals surface area contributed by atoms with E-state index >= 15 is 0 Å². The molecular formula is C18H37N3. The first-order valence-electron chi connectivity index (χ1n) is 9.32. The van der Waals surface area contributed by atoms with Gasteiger partial charge in [0.25, 0.3) is 0 Å². The fraction of sp³-hybridized carbons (Fsp3) is 1.00. The molecule has 3 nitrogen and oxygen atoms in total. The molecule has 3 atom stereocenters. The molecule has 124 valence electrons. The van der Waals surface area contributed by atoms with Gasteiger partial charge in [0, 0.05) is 25.2 Å². The van der Waals surface area contributed by atoms with Crippen molar-refractivity contribution >= 4 is 0 Å². The van der Waals surface area contributed by atoms with Crippen LogP contribution < -0.4 is 5.73 Å². The van der Waals surface area contributed by atoms with E-state index in [-0.39, 0.29) is 0 Å². The third-order valence-electron chi connectivity index (χ3n) is 5.72. The maximum Gasteiger partial charge on any atom is 0.0112 e. The molecule has 0 amide bonds. The van der Waals surface area contributed by atoms with Crippen LogP contribution in [0.25, 0.3) is 0 Å². The fourth-order valence-electron chi connectivity index (χ4n) is 4.73. The van der Waals surface area contributed by atoms with Gasteiger partial charge < -0.3 is 5.73 Å². The van der Waals surface area contributed by atoms with Crippen LogP contribution in [0.15, 0.2) is 0 Å². The zero-order chi connectivity index (χ0) is 15.2. The molecule has 2 aliphatic rings. The molecular weight excluding hydrogens is 258 g/mol. The van der Waals surface area contributed by atoms with E-state index in [1.54, 1.807) is 0 Å². The molecule has 2 fully saturated rings. The monoisotopic (exact) mass is 295 g/mol. The molecule has 3 unspecified atom stereocenters. The van der Waals surface area contributed by atoms with Crippen molar-refractivity contribution in [3.63, 3.8) is 0 Å². The van der Waals surface area contributed by atoms with Crippen molar-refractivity contribution in [1.82, 2.24) is 9.80 Å². The number of hydrogen-bond acceptors (Lipinski definition) is 3. The molecule has 1 heterocycles. The summed E-state index contributed by atoms with van der Waals surface area (Å²) >= 11 is 0. The van der Waals surface area contributed by atoms with E-state index in [1.807, 2.05) is 0 Å². The molecule has 1 saturated heterocycles. The fourth-order valence-corrected chi connectivity index (χ4v) is 4.73. The Morgan fingerprint density at radius 1 is 1.00 bits per heavy atom.